The van der Waals surface area contributed by atoms with Crippen LogP contribution in [0, 0.1) is 5.92 Å². The van der Waals surface area contributed by atoms with E-state index in [2.05, 4.69) is 9.46 Å². The summed E-state index contributed by atoms with van der Waals surface area (Å²) in [7, 11) is -2.72. The lowest BCUT2D eigenvalue weighted by Gasteiger charge is -2.20. The molecule has 9 heteroatoms. The van der Waals surface area contributed by atoms with E-state index >= 15 is 0 Å². The lowest BCUT2D eigenvalue weighted by atomic mass is 10.0. The number of para-hydroxylation sites is 1. The van der Waals surface area contributed by atoms with Crippen LogP contribution in [0.1, 0.15) is 24.4 Å². The molecule has 146 valence electrons. The smallest absolute Gasteiger partial charge is 0.497 e. The molecule has 1 fully saturated rings. The molecule has 0 aromatic heterocycles. The maximum Gasteiger partial charge on any atom is 0.573 e. The van der Waals surface area contributed by atoms with Crippen LogP contribution in [-0.4, -0.2) is 21.9 Å². The third-order valence-corrected chi connectivity index (χ3v) is 5.70. The van der Waals surface area contributed by atoms with Crippen LogP contribution in [-0.2, 0) is 10.0 Å². The highest BCUT2D eigenvalue weighted by atomic mass is 32.2. The van der Waals surface area contributed by atoms with Crippen LogP contribution < -0.4 is 14.2 Å². The third-order valence-electron chi connectivity index (χ3n) is 4.21. The van der Waals surface area contributed by atoms with Gasteiger partial charge in [0.1, 0.15) is 16.4 Å². The predicted molar refractivity (Wildman–Crippen MR) is 91.9 cm³/mol. The van der Waals surface area contributed by atoms with Crippen molar-refractivity contribution in [2.24, 2.45) is 5.92 Å². The third kappa shape index (κ3) is 4.92. The Morgan fingerprint density at radius 3 is 2.26 bits per heavy atom. The molecule has 0 radical (unpaired) electrons. The van der Waals surface area contributed by atoms with E-state index in [0.29, 0.717) is 5.75 Å². The second-order valence-corrected chi connectivity index (χ2v) is 7.89. The van der Waals surface area contributed by atoms with Crippen molar-refractivity contribution in [1.29, 1.82) is 0 Å². The van der Waals surface area contributed by atoms with E-state index in [1.807, 2.05) is 0 Å². The minimum Gasteiger partial charge on any atom is -0.497 e. The predicted octanol–water partition coefficient (Wildman–Crippen LogP) is 4.02. The summed E-state index contributed by atoms with van der Waals surface area (Å²) in [5, 5.41) is 0. The summed E-state index contributed by atoms with van der Waals surface area (Å²) in [6, 6.07) is 11.0. The van der Waals surface area contributed by atoms with Crippen LogP contribution in [0.2, 0.25) is 0 Å². The Balaban J connectivity index is 1.90. The molecule has 2 aromatic rings. The van der Waals surface area contributed by atoms with Gasteiger partial charge in [-0.1, -0.05) is 24.3 Å². The van der Waals surface area contributed by atoms with E-state index in [1.165, 1.54) is 19.2 Å². The Morgan fingerprint density at radius 2 is 1.70 bits per heavy atom. The van der Waals surface area contributed by atoms with Gasteiger partial charge in [0.05, 0.1) is 7.11 Å². The van der Waals surface area contributed by atoms with Crippen molar-refractivity contribution in [3.63, 3.8) is 0 Å². The Bertz CT molecular complexity index is 894. The van der Waals surface area contributed by atoms with E-state index < -0.39 is 33.1 Å². The van der Waals surface area contributed by atoms with Crippen molar-refractivity contribution in [1.82, 2.24) is 4.72 Å². The molecule has 0 heterocycles. The van der Waals surface area contributed by atoms with E-state index in [9.17, 15) is 21.6 Å². The fourth-order valence-corrected chi connectivity index (χ4v) is 4.21. The van der Waals surface area contributed by atoms with Crippen molar-refractivity contribution < 1.29 is 31.1 Å². The van der Waals surface area contributed by atoms with Crippen molar-refractivity contribution in [2.45, 2.75) is 30.1 Å². The minimum absolute atomic E-state index is 0.0869. The summed E-state index contributed by atoms with van der Waals surface area (Å²) in [5.41, 5.74) is 0.719. The van der Waals surface area contributed by atoms with E-state index in [-0.39, 0.29) is 5.92 Å². The van der Waals surface area contributed by atoms with Crippen LogP contribution in [0.5, 0.6) is 11.5 Å². The average molecular weight is 401 g/mol. The van der Waals surface area contributed by atoms with Gasteiger partial charge in [-0.3, -0.25) is 0 Å². The summed E-state index contributed by atoms with van der Waals surface area (Å²) in [6.45, 7) is 0. The molecule has 0 amide bonds. The fourth-order valence-electron chi connectivity index (χ4n) is 2.79. The van der Waals surface area contributed by atoms with Gasteiger partial charge < -0.3 is 9.47 Å². The zero-order valence-electron chi connectivity index (χ0n) is 14.4. The van der Waals surface area contributed by atoms with Crippen LogP contribution in [0.25, 0.3) is 0 Å². The molecule has 1 aliphatic carbocycles. The van der Waals surface area contributed by atoms with Gasteiger partial charge in [-0.25, -0.2) is 13.1 Å². The van der Waals surface area contributed by atoms with E-state index in [1.54, 1.807) is 24.3 Å². The van der Waals surface area contributed by atoms with Crippen molar-refractivity contribution in [3.8, 4) is 11.5 Å². The highest BCUT2D eigenvalue weighted by molar-refractivity contribution is 7.89. The molecule has 1 aliphatic rings. The molecule has 0 aliphatic heterocycles. The molecule has 2 aromatic carbocycles. The average Bonchev–Trinajstić information content (AvgIpc) is 3.44. The summed E-state index contributed by atoms with van der Waals surface area (Å²) in [5.74, 6) is -0.0503. The zero-order chi connectivity index (χ0) is 19.7. The van der Waals surface area contributed by atoms with Gasteiger partial charge in [-0.05, 0) is 48.6 Å². The lowest BCUT2D eigenvalue weighted by Crippen LogP contribution is -2.31. The first-order valence-electron chi connectivity index (χ1n) is 8.21. The number of hydrogen-bond donors (Lipinski definition) is 1. The minimum atomic E-state index is -4.99. The molecule has 0 spiro atoms. The number of nitrogens with one attached hydrogen (secondary N) is 1. The maximum atomic E-state index is 12.8. The normalized spacial score (nSPS) is 16.0. The standard InChI is InChI=1S/C18H18F3NO4S/c1-25-14-10-8-13(9-11-14)17(12-6-7-12)22-27(23,24)16-5-3-2-4-15(16)26-18(19,20)21/h2-5,8-12,17,22H,6-7H2,1H3. The number of ether oxygens (including phenoxy) is 2. The van der Waals surface area contributed by atoms with Crippen molar-refractivity contribution in [2.75, 3.05) is 7.11 Å². The number of hydrogen-bond acceptors (Lipinski definition) is 4. The first-order chi connectivity index (χ1) is 12.7. The Kier molecular flexibility index (Phi) is 5.34. The number of sulfonamides is 1. The second kappa shape index (κ2) is 7.40. The van der Waals surface area contributed by atoms with Gasteiger partial charge >= 0.3 is 6.36 Å². The van der Waals surface area contributed by atoms with Crippen molar-refractivity contribution >= 4 is 10.0 Å². The number of halogens is 3. The zero-order valence-corrected chi connectivity index (χ0v) is 15.2. The largest absolute Gasteiger partial charge is 0.573 e. The van der Waals surface area contributed by atoms with Gasteiger partial charge in [0, 0.05) is 6.04 Å². The molecule has 0 bridgehead atoms. The quantitative estimate of drug-likeness (QED) is 0.761. The molecule has 1 N–H and O–H groups in total. The van der Waals surface area contributed by atoms with Crippen molar-refractivity contribution in [3.05, 3.63) is 54.1 Å². The SMILES string of the molecule is COc1ccc(C(NS(=O)(=O)c2ccccc2OC(F)(F)F)C2CC2)cc1. The summed E-state index contributed by atoms with van der Waals surface area (Å²) in [4.78, 5) is -0.554. The fraction of sp³-hybridized carbons (Fsp3) is 0.333. The maximum absolute atomic E-state index is 12.8. The second-order valence-electron chi connectivity index (χ2n) is 6.20. The number of rotatable bonds is 7. The Morgan fingerprint density at radius 1 is 1.07 bits per heavy atom. The summed E-state index contributed by atoms with van der Waals surface area (Å²) >= 11 is 0. The van der Waals surface area contributed by atoms with Crippen LogP contribution in [0.3, 0.4) is 0 Å². The molecule has 27 heavy (non-hydrogen) atoms. The van der Waals surface area contributed by atoms with Crippen LogP contribution in [0.15, 0.2) is 53.4 Å². The molecular formula is C18H18F3NO4S. The molecule has 1 saturated carbocycles. The number of benzene rings is 2. The highest BCUT2D eigenvalue weighted by Gasteiger charge is 2.38. The van der Waals surface area contributed by atoms with Gasteiger partial charge in [0.2, 0.25) is 10.0 Å². The molecule has 1 unspecified atom stereocenters. The Hall–Kier alpha value is -2.26. The molecule has 5 nitrogen and oxygen atoms in total. The number of methoxy groups -OCH3 is 1. The lowest BCUT2D eigenvalue weighted by molar-refractivity contribution is -0.275. The van der Waals surface area contributed by atoms with Gasteiger partial charge in [0.25, 0.3) is 0 Å². The molecule has 3 rings (SSSR count). The van der Waals surface area contributed by atoms with E-state index in [0.717, 1.165) is 30.5 Å². The highest BCUT2D eigenvalue weighted by Crippen LogP contribution is 2.42. The molecule has 1 atom stereocenters. The van der Waals surface area contributed by atoms with Gasteiger partial charge in [-0.15, -0.1) is 13.2 Å². The summed E-state index contributed by atoms with van der Waals surface area (Å²) in [6.07, 6.45) is -3.32. The molecular weight excluding hydrogens is 383 g/mol. The number of alkyl halides is 3. The Labute approximate surface area is 155 Å². The molecule has 0 saturated heterocycles. The van der Waals surface area contributed by atoms with Gasteiger partial charge in [-0.2, -0.15) is 0 Å². The van der Waals surface area contributed by atoms with E-state index in [4.69, 9.17) is 4.74 Å². The van der Waals surface area contributed by atoms with Crippen LogP contribution >= 0.6 is 0 Å². The van der Waals surface area contributed by atoms with Crippen LogP contribution in [0.4, 0.5) is 13.2 Å². The topological polar surface area (TPSA) is 64.6 Å². The van der Waals surface area contributed by atoms with Gasteiger partial charge in [0.15, 0.2) is 0 Å². The first kappa shape index (κ1) is 19.5. The monoisotopic (exact) mass is 401 g/mol. The first-order valence-corrected chi connectivity index (χ1v) is 9.69. The summed E-state index contributed by atoms with van der Waals surface area (Å²) < 4.78 is 74.9.